The lowest BCUT2D eigenvalue weighted by atomic mass is 9.77. The highest BCUT2D eigenvalue weighted by Gasteiger charge is 2.58. The molecule has 1 heterocycles. The molecule has 3 aromatic carbocycles. The van der Waals surface area contributed by atoms with Crippen LogP contribution in [0.4, 0.5) is 4.79 Å². The summed E-state index contributed by atoms with van der Waals surface area (Å²) < 4.78 is 6.10. The average Bonchev–Trinajstić information content (AvgIpc) is 3.10. The molecule has 3 aromatic rings. The number of ether oxygens (including phenoxy) is 1. The molecular formula is C25H21NO3. The number of hydrogen-bond donors (Lipinski definition) is 0. The molecule has 1 saturated heterocycles. The maximum atomic E-state index is 13.1. The summed E-state index contributed by atoms with van der Waals surface area (Å²) in [4.78, 5) is 27.2. The van der Waals surface area contributed by atoms with Crippen molar-refractivity contribution in [3.8, 4) is 0 Å². The first kappa shape index (κ1) is 18.7. The molecule has 29 heavy (non-hydrogen) atoms. The van der Waals surface area contributed by atoms with Gasteiger partial charge in [-0.2, -0.15) is 0 Å². The Labute approximate surface area is 170 Å². The van der Waals surface area contributed by atoms with Crippen LogP contribution in [0.3, 0.4) is 0 Å². The van der Waals surface area contributed by atoms with E-state index < -0.39 is 23.6 Å². The Hall–Kier alpha value is -3.66. The van der Waals surface area contributed by atoms with Gasteiger partial charge in [-0.1, -0.05) is 97.1 Å². The molecule has 0 aliphatic carbocycles. The maximum absolute atomic E-state index is 13.1. The van der Waals surface area contributed by atoms with E-state index in [0.29, 0.717) is 0 Å². The first-order chi connectivity index (χ1) is 14.2. The fourth-order valence-electron chi connectivity index (χ4n) is 3.96. The molecule has 144 valence electrons. The minimum Gasteiger partial charge on any atom is -0.430 e. The minimum atomic E-state index is -1.15. The predicted molar refractivity (Wildman–Crippen MR) is 111 cm³/mol. The molecule has 2 amide bonds. The number of rotatable bonds is 4. The smallest absolute Gasteiger partial charge is 0.418 e. The van der Waals surface area contributed by atoms with Gasteiger partial charge in [0.05, 0.1) is 0 Å². The molecule has 0 radical (unpaired) electrons. The third kappa shape index (κ3) is 3.13. The summed E-state index contributed by atoms with van der Waals surface area (Å²) in [6.45, 7) is 1.75. The number of imide groups is 1. The van der Waals surface area contributed by atoms with Crippen molar-refractivity contribution in [2.24, 2.45) is 0 Å². The second-order valence-corrected chi connectivity index (χ2v) is 6.86. The minimum absolute atomic E-state index is 0.403. The van der Waals surface area contributed by atoms with Gasteiger partial charge in [-0.05, 0) is 18.6 Å². The lowest BCUT2D eigenvalue weighted by Crippen LogP contribution is -2.39. The van der Waals surface area contributed by atoms with E-state index >= 15 is 0 Å². The maximum Gasteiger partial charge on any atom is 0.418 e. The van der Waals surface area contributed by atoms with Gasteiger partial charge in [0.25, 0.3) is 5.91 Å². The summed E-state index contributed by atoms with van der Waals surface area (Å²) in [6.07, 6.45) is 2.36. The summed E-state index contributed by atoms with van der Waals surface area (Å²) in [7, 11) is 0. The summed E-state index contributed by atoms with van der Waals surface area (Å²) in [6, 6.07) is 28.1. The van der Waals surface area contributed by atoms with E-state index in [2.05, 4.69) is 0 Å². The van der Waals surface area contributed by atoms with Crippen molar-refractivity contribution < 1.29 is 14.3 Å². The van der Waals surface area contributed by atoms with Crippen LogP contribution in [0.1, 0.15) is 29.7 Å². The van der Waals surface area contributed by atoms with Crippen LogP contribution in [-0.4, -0.2) is 16.9 Å². The first-order valence-corrected chi connectivity index (χ1v) is 9.53. The Bertz CT molecular complexity index is 990. The number of carbonyl (C=O) groups excluding carboxylic acids is 2. The summed E-state index contributed by atoms with van der Waals surface area (Å²) >= 11 is 0. The molecule has 4 rings (SSSR count). The van der Waals surface area contributed by atoms with E-state index in [1.807, 2.05) is 91.0 Å². The number of hydrogen-bond acceptors (Lipinski definition) is 3. The molecule has 4 heteroatoms. The third-order valence-corrected chi connectivity index (χ3v) is 5.16. The van der Waals surface area contributed by atoms with Crippen molar-refractivity contribution in [1.29, 1.82) is 0 Å². The van der Waals surface area contributed by atoms with Crippen molar-refractivity contribution in [2.45, 2.75) is 18.6 Å². The molecule has 0 aromatic heterocycles. The lowest BCUT2D eigenvalue weighted by Gasteiger charge is -2.35. The summed E-state index contributed by atoms with van der Waals surface area (Å²) in [5.41, 5.74) is 1.29. The number of amides is 2. The number of cyclic esters (lactones) is 1. The van der Waals surface area contributed by atoms with Crippen LogP contribution in [0.15, 0.2) is 103 Å². The highest BCUT2D eigenvalue weighted by atomic mass is 16.6. The Morgan fingerprint density at radius 2 is 1.34 bits per heavy atom. The molecule has 0 bridgehead atoms. The Morgan fingerprint density at radius 3 is 1.83 bits per heavy atom. The van der Waals surface area contributed by atoms with Crippen LogP contribution < -0.4 is 0 Å². The predicted octanol–water partition coefficient (Wildman–Crippen LogP) is 5.23. The average molecular weight is 383 g/mol. The molecule has 4 nitrogen and oxygen atoms in total. The Balaban J connectivity index is 2.03. The van der Waals surface area contributed by atoms with Gasteiger partial charge in [0.2, 0.25) is 0 Å². The van der Waals surface area contributed by atoms with E-state index in [1.54, 1.807) is 13.0 Å². The SMILES string of the molecule is C/C=C/C(=O)N1C(=O)OC(c2ccccc2)(c2ccccc2)C1c1ccccc1. The summed E-state index contributed by atoms with van der Waals surface area (Å²) in [5.74, 6) is -0.403. The normalized spacial score (nSPS) is 18.0. The molecule has 1 atom stereocenters. The molecule has 1 aliphatic rings. The lowest BCUT2D eigenvalue weighted by molar-refractivity contribution is -0.124. The molecule has 1 aliphatic heterocycles. The second-order valence-electron chi connectivity index (χ2n) is 6.86. The van der Waals surface area contributed by atoms with Crippen LogP contribution in [-0.2, 0) is 15.1 Å². The van der Waals surface area contributed by atoms with E-state index in [4.69, 9.17) is 4.74 Å². The number of benzene rings is 3. The number of nitrogens with zero attached hydrogens (tertiary/aromatic N) is 1. The Kier molecular flexibility index (Phi) is 5.00. The zero-order valence-corrected chi connectivity index (χ0v) is 16.1. The quantitative estimate of drug-likeness (QED) is 0.580. The molecule has 0 saturated carbocycles. The van der Waals surface area contributed by atoms with E-state index in [1.165, 1.54) is 11.0 Å². The van der Waals surface area contributed by atoms with Gasteiger partial charge >= 0.3 is 6.09 Å². The second kappa shape index (κ2) is 7.76. The molecule has 1 fully saturated rings. The standard InChI is InChI=1S/C25H21NO3/c1-2-12-22(27)26-23(19-13-6-3-7-14-19)25(29-24(26)28,20-15-8-4-9-16-20)21-17-10-5-11-18-21/h2-18,23H,1H3/b12-2+. The molecule has 0 spiro atoms. The van der Waals surface area contributed by atoms with Crippen LogP contribution in [0, 0.1) is 0 Å². The van der Waals surface area contributed by atoms with E-state index in [-0.39, 0.29) is 0 Å². The Morgan fingerprint density at radius 1 is 0.862 bits per heavy atom. The van der Waals surface area contributed by atoms with Crippen molar-refractivity contribution in [3.05, 3.63) is 120 Å². The van der Waals surface area contributed by atoms with Crippen molar-refractivity contribution in [3.63, 3.8) is 0 Å². The van der Waals surface area contributed by atoms with Gasteiger partial charge in [-0.25, -0.2) is 9.69 Å². The van der Waals surface area contributed by atoms with Crippen molar-refractivity contribution in [2.75, 3.05) is 0 Å². The van der Waals surface area contributed by atoms with E-state index in [0.717, 1.165) is 16.7 Å². The van der Waals surface area contributed by atoms with Crippen molar-refractivity contribution >= 4 is 12.0 Å². The van der Waals surface area contributed by atoms with Crippen LogP contribution in [0.25, 0.3) is 0 Å². The largest absolute Gasteiger partial charge is 0.430 e. The molecular weight excluding hydrogens is 362 g/mol. The zero-order chi connectivity index (χ0) is 20.3. The molecule has 1 unspecified atom stereocenters. The fraction of sp³-hybridized carbons (Fsp3) is 0.120. The van der Waals surface area contributed by atoms with E-state index in [9.17, 15) is 9.59 Å². The van der Waals surface area contributed by atoms with Gasteiger partial charge in [-0.15, -0.1) is 0 Å². The first-order valence-electron chi connectivity index (χ1n) is 9.53. The topological polar surface area (TPSA) is 46.6 Å². The third-order valence-electron chi connectivity index (χ3n) is 5.16. The number of carbonyl (C=O) groups is 2. The zero-order valence-electron chi connectivity index (χ0n) is 16.1. The van der Waals surface area contributed by atoms with Crippen molar-refractivity contribution in [1.82, 2.24) is 4.90 Å². The van der Waals surface area contributed by atoms with Crippen LogP contribution >= 0.6 is 0 Å². The monoisotopic (exact) mass is 383 g/mol. The van der Waals surface area contributed by atoms with Crippen LogP contribution in [0.5, 0.6) is 0 Å². The van der Waals surface area contributed by atoms with Gasteiger partial charge in [0, 0.05) is 11.1 Å². The van der Waals surface area contributed by atoms with Gasteiger partial charge in [-0.3, -0.25) is 4.79 Å². The number of allylic oxidation sites excluding steroid dienone is 1. The summed E-state index contributed by atoms with van der Waals surface area (Å²) in [5, 5.41) is 0. The van der Waals surface area contributed by atoms with Gasteiger partial charge in [0.15, 0.2) is 5.60 Å². The highest BCUT2D eigenvalue weighted by molar-refractivity contribution is 6.00. The van der Waals surface area contributed by atoms with Gasteiger partial charge in [0.1, 0.15) is 6.04 Å². The van der Waals surface area contributed by atoms with Gasteiger partial charge < -0.3 is 4.74 Å². The molecule has 0 N–H and O–H groups in total. The highest BCUT2D eigenvalue weighted by Crippen LogP contribution is 2.52. The van der Waals surface area contributed by atoms with Crippen LogP contribution in [0.2, 0.25) is 0 Å². The fourth-order valence-corrected chi connectivity index (χ4v) is 3.96.